The first-order valence-electron chi connectivity index (χ1n) is 5.42. The van der Waals surface area contributed by atoms with Crippen molar-refractivity contribution in [3.63, 3.8) is 0 Å². The quantitative estimate of drug-likeness (QED) is 0.743. The van der Waals surface area contributed by atoms with Gasteiger partial charge in [0.1, 0.15) is 11.9 Å². The zero-order chi connectivity index (χ0) is 11.5. The van der Waals surface area contributed by atoms with Crippen molar-refractivity contribution in [2.45, 2.75) is 25.9 Å². The molecule has 5 heteroatoms. The molecule has 1 N–H and O–H groups in total. The molecule has 84 valence electrons. The molecule has 0 aliphatic carbocycles. The van der Waals surface area contributed by atoms with Gasteiger partial charge in [-0.05, 0) is 13.8 Å². The molecule has 5 nitrogen and oxygen atoms in total. The summed E-state index contributed by atoms with van der Waals surface area (Å²) in [6.45, 7) is 6.08. The van der Waals surface area contributed by atoms with Crippen molar-refractivity contribution in [2.24, 2.45) is 0 Å². The van der Waals surface area contributed by atoms with Crippen molar-refractivity contribution < 1.29 is 0 Å². The van der Waals surface area contributed by atoms with Gasteiger partial charge in [0.2, 0.25) is 0 Å². The van der Waals surface area contributed by atoms with E-state index >= 15 is 0 Å². The van der Waals surface area contributed by atoms with E-state index in [9.17, 15) is 0 Å². The fourth-order valence-electron chi connectivity index (χ4n) is 2.08. The normalized spacial score (nSPS) is 25.2. The van der Waals surface area contributed by atoms with E-state index < -0.39 is 0 Å². The van der Waals surface area contributed by atoms with E-state index in [0.717, 1.165) is 18.9 Å². The average Bonchev–Trinajstić information content (AvgIpc) is 2.28. The molecular weight excluding hydrogens is 202 g/mol. The minimum absolute atomic E-state index is 0.372. The zero-order valence-corrected chi connectivity index (χ0v) is 9.51. The molecule has 0 radical (unpaired) electrons. The van der Waals surface area contributed by atoms with Crippen molar-refractivity contribution in [1.82, 2.24) is 15.3 Å². The minimum atomic E-state index is 0.372. The monoisotopic (exact) mass is 217 g/mol. The molecule has 2 rings (SSSR count). The predicted octanol–water partition coefficient (Wildman–Crippen LogP) is 0.535. The summed E-state index contributed by atoms with van der Waals surface area (Å²) in [5, 5.41) is 12.2. The first-order chi connectivity index (χ1) is 7.69. The highest BCUT2D eigenvalue weighted by Crippen LogP contribution is 2.14. The lowest BCUT2D eigenvalue weighted by atomic mass is 10.1. The second-order valence-corrected chi connectivity index (χ2v) is 4.25. The van der Waals surface area contributed by atoms with E-state index in [1.165, 1.54) is 6.20 Å². The highest BCUT2D eigenvalue weighted by Gasteiger charge is 2.22. The Kier molecular flexibility index (Phi) is 3.02. The maximum absolute atomic E-state index is 8.78. The largest absolute Gasteiger partial charge is 0.352 e. The third kappa shape index (κ3) is 2.28. The molecule has 2 heterocycles. The van der Waals surface area contributed by atoms with Crippen LogP contribution in [0, 0.1) is 11.3 Å². The summed E-state index contributed by atoms with van der Waals surface area (Å²) in [6.07, 6.45) is 3.20. The standard InChI is InChI=1S/C11H15N5/c1-8-6-16(7-9(2)14-8)11-5-13-4-10(3-12)15-11/h4-5,8-9,14H,6-7H2,1-2H3/t8-,9+. The fourth-order valence-corrected chi connectivity index (χ4v) is 2.08. The molecule has 0 unspecified atom stereocenters. The molecule has 16 heavy (non-hydrogen) atoms. The number of anilines is 1. The van der Waals surface area contributed by atoms with E-state index in [2.05, 4.69) is 34.0 Å². The lowest BCUT2D eigenvalue weighted by Gasteiger charge is -2.36. The van der Waals surface area contributed by atoms with Crippen molar-refractivity contribution in [3.8, 4) is 6.07 Å². The first-order valence-corrected chi connectivity index (χ1v) is 5.42. The highest BCUT2D eigenvalue weighted by molar-refractivity contribution is 5.39. The third-order valence-electron chi connectivity index (χ3n) is 2.62. The lowest BCUT2D eigenvalue weighted by Crippen LogP contribution is -2.54. The summed E-state index contributed by atoms with van der Waals surface area (Å²) in [7, 11) is 0. The number of nitriles is 1. The number of nitrogens with zero attached hydrogens (tertiary/aromatic N) is 4. The Morgan fingerprint density at radius 1 is 1.38 bits per heavy atom. The molecule has 0 spiro atoms. The molecule has 2 atom stereocenters. The van der Waals surface area contributed by atoms with Crippen molar-refractivity contribution in [2.75, 3.05) is 18.0 Å². The summed E-state index contributed by atoms with van der Waals surface area (Å²) >= 11 is 0. The number of aromatic nitrogens is 2. The predicted molar refractivity (Wildman–Crippen MR) is 61.0 cm³/mol. The number of hydrogen-bond donors (Lipinski definition) is 1. The van der Waals surface area contributed by atoms with Crippen LogP contribution in [0.4, 0.5) is 5.82 Å². The van der Waals surface area contributed by atoms with E-state index in [4.69, 9.17) is 5.26 Å². The fraction of sp³-hybridized carbons (Fsp3) is 0.545. The summed E-state index contributed by atoms with van der Waals surface area (Å²) in [5.41, 5.74) is 0.372. The third-order valence-corrected chi connectivity index (χ3v) is 2.62. The average molecular weight is 217 g/mol. The Hall–Kier alpha value is -1.67. The van der Waals surface area contributed by atoms with Gasteiger partial charge < -0.3 is 10.2 Å². The number of nitrogens with one attached hydrogen (secondary N) is 1. The van der Waals surface area contributed by atoms with Crippen LogP contribution in [0.1, 0.15) is 19.5 Å². The van der Waals surface area contributed by atoms with E-state index in [1.807, 2.05) is 6.07 Å². The summed E-state index contributed by atoms with van der Waals surface area (Å²) in [5.74, 6) is 0.791. The van der Waals surface area contributed by atoms with Gasteiger partial charge in [-0.15, -0.1) is 0 Å². The van der Waals surface area contributed by atoms with Gasteiger partial charge >= 0.3 is 0 Å². The van der Waals surface area contributed by atoms with Crippen LogP contribution >= 0.6 is 0 Å². The minimum Gasteiger partial charge on any atom is -0.352 e. The summed E-state index contributed by atoms with van der Waals surface area (Å²) in [4.78, 5) is 10.5. The summed E-state index contributed by atoms with van der Waals surface area (Å²) < 4.78 is 0. The van der Waals surface area contributed by atoms with Crippen LogP contribution in [0.15, 0.2) is 12.4 Å². The van der Waals surface area contributed by atoms with Crippen LogP contribution in [0.3, 0.4) is 0 Å². The zero-order valence-electron chi connectivity index (χ0n) is 9.51. The molecule has 0 bridgehead atoms. The maximum atomic E-state index is 8.78. The second-order valence-electron chi connectivity index (χ2n) is 4.25. The van der Waals surface area contributed by atoms with E-state index in [0.29, 0.717) is 17.8 Å². The van der Waals surface area contributed by atoms with Crippen LogP contribution in [-0.2, 0) is 0 Å². The lowest BCUT2D eigenvalue weighted by molar-refractivity contribution is 0.405. The number of rotatable bonds is 1. The molecule has 1 saturated heterocycles. The van der Waals surface area contributed by atoms with Crippen molar-refractivity contribution in [3.05, 3.63) is 18.1 Å². The molecule has 1 aliphatic heterocycles. The van der Waals surface area contributed by atoms with Gasteiger partial charge in [0.25, 0.3) is 0 Å². The molecule has 0 aromatic carbocycles. The van der Waals surface area contributed by atoms with Crippen LogP contribution < -0.4 is 10.2 Å². The van der Waals surface area contributed by atoms with Crippen LogP contribution in [0.25, 0.3) is 0 Å². The molecular formula is C11H15N5. The van der Waals surface area contributed by atoms with Gasteiger partial charge in [0.05, 0.1) is 12.4 Å². The van der Waals surface area contributed by atoms with Crippen LogP contribution in [0.5, 0.6) is 0 Å². The van der Waals surface area contributed by atoms with Crippen molar-refractivity contribution in [1.29, 1.82) is 5.26 Å². The summed E-state index contributed by atoms with van der Waals surface area (Å²) in [6, 6.07) is 2.87. The van der Waals surface area contributed by atoms with Crippen LogP contribution in [-0.4, -0.2) is 35.1 Å². The van der Waals surface area contributed by atoms with Gasteiger partial charge in [-0.3, -0.25) is 4.98 Å². The Bertz CT molecular complexity index is 401. The van der Waals surface area contributed by atoms with E-state index in [1.54, 1.807) is 6.20 Å². The Balaban J connectivity index is 2.20. The van der Waals surface area contributed by atoms with Crippen molar-refractivity contribution >= 4 is 5.82 Å². The molecule has 0 saturated carbocycles. The topological polar surface area (TPSA) is 64.8 Å². The molecule has 1 aromatic heterocycles. The van der Waals surface area contributed by atoms with Gasteiger partial charge in [0.15, 0.2) is 5.69 Å². The van der Waals surface area contributed by atoms with Gasteiger partial charge in [-0.2, -0.15) is 5.26 Å². The second kappa shape index (κ2) is 4.45. The van der Waals surface area contributed by atoms with Gasteiger partial charge in [0, 0.05) is 25.2 Å². The SMILES string of the molecule is C[C@@H]1CN(c2cncc(C#N)n2)C[C@H](C)N1. The smallest absolute Gasteiger partial charge is 0.161 e. The molecule has 1 aromatic rings. The van der Waals surface area contributed by atoms with Gasteiger partial charge in [-0.1, -0.05) is 0 Å². The van der Waals surface area contributed by atoms with E-state index in [-0.39, 0.29) is 0 Å². The Morgan fingerprint density at radius 3 is 2.69 bits per heavy atom. The Labute approximate surface area is 95.1 Å². The highest BCUT2D eigenvalue weighted by atomic mass is 15.3. The molecule has 0 amide bonds. The van der Waals surface area contributed by atoms with Gasteiger partial charge in [-0.25, -0.2) is 4.98 Å². The molecule has 1 fully saturated rings. The van der Waals surface area contributed by atoms with Crippen LogP contribution in [0.2, 0.25) is 0 Å². The number of hydrogen-bond acceptors (Lipinski definition) is 5. The number of piperazine rings is 1. The first kappa shape index (κ1) is 10.8. The Morgan fingerprint density at radius 2 is 2.06 bits per heavy atom. The maximum Gasteiger partial charge on any atom is 0.161 e. The molecule has 1 aliphatic rings.